The Hall–Kier alpha value is -2.04. The molecule has 0 saturated heterocycles. The Morgan fingerprint density at radius 1 is 0.929 bits per heavy atom. The number of hydrogen-bond acceptors (Lipinski definition) is 2. The van der Waals surface area contributed by atoms with Gasteiger partial charge in [0.25, 0.3) is 0 Å². The Morgan fingerprint density at radius 3 is 2.00 bits per heavy atom. The highest BCUT2D eigenvalue weighted by molar-refractivity contribution is 6.31. The average molecular weight is 421 g/mol. The molecule has 150 valence electrons. The maximum absolute atomic E-state index is 13.0. The van der Waals surface area contributed by atoms with Crippen LogP contribution >= 0.6 is 23.2 Å². The lowest BCUT2D eigenvalue weighted by atomic mass is 10.1. The van der Waals surface area contributed by atoms with E-state index in [0.29, 0.717) is 16.5 Å². The molecule has 2 amide bonds. The van der Waals surface area contributed by atoms with E-state index in [2.05, 4.69) is 5.32 Å². The fourth-order valence-corrected chi connectivity index (χ4v) is 3.31. The monoisotopic (exact) mass is 420 g/mol. The fraction of sp³-hybridized carbons (Fsp3) is 0.364. The molecule has 0 radical (unpaired) electrons. The molecule has 1 atom stereocenters. The fourth-order valence-electron chi connectivity index (χ4n) is 2.88. The Kier molecular flexibility index (Phi) is 8.34. The molecule has 0 heterocycles. The van der Waals surface area contributed by atoms with Crippen LogP contribution in [0, 0.1) is 0 Å². The van der Waals surface area contributed by atoms with Gasteiger partial charge in [0.2, 0.25) is 11.8 Å². The van der Waals surface area contributed by atoms with E-state index in [9.17, 15) is 9.59 Å². The molecule has 1 N–H and O–H groups in total. The van der Waals surface area contributed by atoms with Gasteiger partial charge in [0.05, 0.1) is 0 Å². The topological polar surface area (TPSA) is 49.4 Å². The van der Waals surface area contributed by atoms with Crippen molar-refractivity contribution in [3.05, 3.63) is 69.7 Å². The van der Waals surface area contributed by atoms with E-state index in [-0.39, 0.29) is 30.8 Å². The molecule has 28 heavy (non-hydrogen) atoms. The predicted molar refractivity (Wildman–Crippen MR) is 115 cm³/mol. The zero-order valence-corrected chi connectivity index (χ0v) is 17.9. The van der Waals surface area contributed by atoms with Crippen LogP contribution in [0.25, 0.3) is 0 Å². The van der Waals surface area contributed by atoms with Crippen molar-refractivity contribution in [2.75, 3.05) is 0 Å². The molecule has 0 spiro atoms. The molecule has 0 saturated carbocycles. The van der Waals surface area contributed by atoms with Crippen LogP contribution in [0.1, 0.15) is 38.3 Å². The first-order valence-electron chi connectivity index (χ1n) is 9.36. The van der Waals surface area contributed by atoms with Crippen LogP contribution in [0.2, 0.25) is 10.0 Å². The Bertz CT molecular complexity index is 824. The maximum atomic E-state index is 13.0. The number of rotatable bonds is 8. The lowest BCUT2D eigenvalue weighted by molar-refractivity contribution is -0.140. The number of hydrogen-bond donors (Lipinski definition) is 1. The highest BCUT2D eigenvalue weighted by Crippen LogP contribution is 2.21. The van der Waals surface area contributed by atoms with Crippen LogP contribution in [0.4, 0.5) is 0 Å². The summed E-state index contributed by atoms with van der Waals surface area (Å²) in [5.41, 5.74) is 1.72. The Balaban J connectivity index is 2.18. The second-order valence-electron chi connectivity index (χ2n) is 7.04. The second-order valence-corrected chi connectivity index (χ2v) is 7.86. The highest BCUT2D eigenvalue weighted by Gasteiger charge is 2.26. The van der Waals surface area contributed by atoms with Crippen molar-refractivity contribution < 1.29 is 9.59 Å². The van der Waals surface area contributed by atoms with E-state index in [1.165, 1.54) is 0 Å². The van der Waals surface area contributed by atoms with Gasteiger partial charge in [-0.1, -0.05) is 59.6 Å². The number of halogens is 2. The van der Waals surface area contributed by atoms with Crippen molar-refractivity contribution in [1.82, 2.24) is 10.2 Å². The van der Waals surface area contributed by atoms with Gasteiger partial charge in [-0.2, -0.15) is 0 Å². The summed E-state index contributed by atoms with van der Waals surface area (Å²) in [6.07, 6.45) is 0.767. The molecule has 2 aromatic carbocycles. The number of aryl methyl sites for hydroxylation is 1. The van der Waals surface area contributed by atoms with Crippen LogP contribution in [-0.4, -0.2) is 28.8 Å². The third-order valence-corrected chi connectivity index (χ3v) is 5.20. The molecule has 1 unspecified atom stereocenters. The van der Waals surface area contributed by atoms with Gasteiger partial charge in [-0.05, 0) is 50.5 Å². The van der Waals surface area contributed by atoms with Crippen molar-refractivity contribution >= 4 is 35.0 Å². The van der Waals surface area contributed by atoms with Crippen molar-refractivity contribution in [1.29, 1.82) is 0 Å². The van der Waals surface area contributed by atoms with Gasteiger partial charge in [-0.15, -0.1) is 0 Å². The third-order valence-electron chi connectivity index (χ3n) is 4.46. The van der Waals surface area contributed by atoms with Gasteiger partial charge >= 0.3 is 0 Å². The second kappa shape index (κ2) is 10.5. The van der Waals surface area contributed by atoms with Crippen LogP contribution in [0.5, 0.6) is 0 Å². The third kappa shape index (κ3) is 6.25. The molecule has 0 aliphatic carbocycles. The number of amides is 2. The van der Waals surface area contributed by atoms with Crippen molar-refractivity contribution in [3.8, 4) is 0 Å². The summed E-state index contributed by atoms with van der Waals surface area (Å²) < 4.78 is 0. The normalized spacial score (nSPS) is 11.9. The summed E-state index contributed by atoms with van der Waals surface area (Å²) in [4.78, 5) is 27.2. The molecule has 0 aliphatic heterocycles. The minimum Gasteiger partial charge on any atom is -0.352 e. The lowest BCUT2D eigenvalue weighted by Gasteiger charge is -2.29. The number of carbonyl (C=O) groups is 2. The van der Waals surface area contributed by atoms with Gasteiger partial charge < -0.3 is 10.2 Å². The molecule has 4 nitrogen and oxygen atoms in total. The van der Waals surface area contributed by atoms with Gasteiger partial charge in [0, 0.05) is 29.1 Å². The number of nitrogens with one attached hydrogen (secondary N) is 1. The van der Waals surface area contributed by atoms with E-state index >= 15 is 0 Å². The molecule has 6 heteroatoms. The summed E-state index contributed by atoms with van der Waals surface area (Å²) in [6.45, 7) is 5.79. The van der Waals surface area contributed by atoms with Gasteiger partial charge in [-0.25, -0.2) is 0 Å². The van der Waals surface area contributed by atoms with Crippen LogP contribution < -0.4 is 5.32 Å². The minimum atomic E-state index is -0.614. The zero-order chi connectivity index (χ0) is 20.7. The van der Waals surface area contributed by atoms with E-state index in [1.54, 1.807) is 17.9 Å². The van der Waals surface area contributed by atoms with Gasteiger partial charge in [-0.3, -0.25) is 9.59 Å². The first-order chi connectivity index (χ1) is 13.3. The summed E-state index contributed by atoms with van der Waals surface area (Å²) in [7, 11) is 0. The molecule has 0 bridgehead atoms. The van der Waals surface area contributed by atoms with Crippen molar-refractivity contribution in [3.63, 3.8) is 0 Å². The first kappa shape index (κ1) is 22.3. The minimum absolute atomic E-state index is 0.00431. The molecular formula is C22H26Cl2N2O2. The van der Waals surface area contributed by atoms with Gasteiger partial charge in [0.1, 0.15) is 6.04 Å². The summed E-state index contributed by atoms with van der Waals surface area (Å²) in [5, 5.41) is 4.08. The molecule has 0 aliphatic rings. The number of benzene rings is 2. The standard InChI is InChI=1S/C22H26Cl2N2O2/c1-15(2)25-22(28)16(3)26(14-18-9-5-7-11-20(18)24)21(27)13-12-17-8-4-6-10-19(17)23/h4-11,15-16H,12-14H2,1-3H3,(H,25,28). The number of nitrogens with zero attached hydrogens (tertiary/aromatic N) is 1. The summed E-state index contributed by atoms with van der Waals surface area (Å²) in [6, 6.07) is 14.2. The zero-order valence-electron chi connectivity index (χ0n) is 16.4. The quantitative estimate of drug-likeness (QED) is 0.661. The van der Waals surface area contributed by atoms with Crippen LogP contribution in [0.3, 0.4) is 0 Å². The molecule has 0 fully saturated rings. The van der Waals surface area contributed by atoms with Crippen molar-refractivity contribution in [2.24, 2.45) is 0 Å². The van der Waals surface area contributed by atoms with E-state index in [1.807, 2.05) is 56.3 Å². The summed E-state index contributed by atoms with van der Waals surface area (Å²) >= 11 is 12.5. The van der Waals surface area contributed by atoms with Crippen molar-refractivity contribution in [2.45, 2.75) is 52.2 Å². The molecular weight excluding hydrogens is 395 g/mol. The SMILES string of the molecule is CC(C)NC(=O)C(C)N(Cc1ccccc1Cl)C(=O)CCc1ccccc1Cl. The lowest BCUT2D eigenvalue weighted by Crippen LogP contribution is -2.49. The molecule has 2 aromatic rings. The van der Waals surface area contributed by atoms with E-state index < -0.39 is 6.04 Å². The van der Waals surface area contributed by atoms with E-state index in [4.69, 9.17) is 23.2 Å². The largest absolute Gasteiger partial charge is 0.352 e. The van der Waals surface area contributed by atoms with Crippen LogP contribution in [-0.2, 0) is 22.6 Å². The van der Waals surface area contributed by atoms with Gasteiger partial charge in [0.15, 0.2) is 0 Å². The molecule has 0 aromatic heterocycles. The number of carbonyl (C=O) groups excluding carboxylic acids is 2. The smallest absolute Gasteiger partial charge is 0.242 e. The summed E-state index contributed by atoms with van der Waals surface area (Å²) in [5.74, 6) is -0.306. The Labute approximate surface area is 176 Å². The molecule has 2 rings (SSSR count). The Morgan fingerprint density at radius 2 is 1.46 bits per heavy atom. The van der Waals surface area contributed by atoms with Crippen LogP contribution in [0.15, 0.2) is 48.5 Å². The average Bonchev–Trinajstić information content (AvgIpc) is 2.65. The first-order valence-corrected chi connectivity index (χ1v) is 10.1. The maximum Gasteiger partial charge on any atom is 0.242 e. The highest BCUT2D eigenvalue weighted by atomic mass is 35.5. The predicted octanol–water partition coefficient (Wildman–Crippen LogP) is 4.87. The van der Waals surface area contributed by atoms with E-state index in [0.717, 1.165) is 11.1 Å².